The van der Waals surface area contributed by atoms with Crippen molar-refractivity contribution in [3.8, 4) is 0 Å². The third kappa shape index (κ3) is 4.34. The zero-order valence-electron chi connectivity index (χ0n) is 12.7. The van der Waals surface area contributed by atoms with Gasteiger partial charge in [0.15, 0.2) is 0 Å². The minimum absolute atomic E-state index is 0.602. The van der Waals surface area contributed by atoms with Gasteiger partial charge in [0.05, 0.1) is 6.20 Å². The Labute approximate surface area is 117 Å². The lowest BCUT2D eigenvalue weighted by Crippen LogP contribution is -2.34. The fourth-order valence-electron chi connectivity index (χ4n) is 3.20. The van der Waals surface area contributed by atoms with Gasteiger partial charge in [-0.3, -0.25) is 4.68 Å². The molecule has 1 N–H and O–H groups in total. The van der Waals surface area contributed by atoms with Crippen LogP contribution in [0.3, 0.4) is 0 Å². The number of rotatable bonds is 6. The van der Waals surface area contributed by atoms with Gasteiger partial charge in [0.2, 0.25) is 0 Å². The summed E-state index contributed by atoms with van der Waals surface area (Å²) in [5.41, 5.74) is 1.42. The van der Waals surface area contributed by atoms with Gasteiger partial charge in [0.1, 0.15) is 0 Å². The number of hydrogen-bond acceptors (Lipinski definition) is 2. The van der Waals surface area contributed by atoms with Crippen LogP contribution in [0.1, 0.15) is 52.0 Å². The van der Waals surface area contributed by atoms with Crippen molar-refractivity contribution in [3.05, 3.63) is 18.0 Å². The first-order valence-corrected chi connectivity index (χ1v) is 7.93. The van der Waals surface area contributed by atoms with E-state index in [0.717, 1.165) is 18.4 Å². The Morgan fingerprint density at radius 1 is 1.32 bits per heavy atom. The predicted octanol–water partition coefficient (Wildman–Crippen LogP) is 3.25. The molecule has 108 valence electrons. The van der Waals surface area contributed by atoms with E-state index in [2.05, 4.69) is 43.6 Å². The molecule has 0 spiro atoms. The summed E-state index contributed by atoms with van der Waals surface area (Å²) < 4.78 is 2.04. The first-order valence-electron chi connectivity index (χ1n) is 7.93. The van der Waals surface area contributed by atoms with Crippen LogP contribution in [-0.2, 0) is 13.0 Å². The lowest BCUT2D eigenvalue weighted by Gasteiger charge is -2.32. The molecule has 0 saturated heterocycles. The molecule has 2 rings (SSSR count). The number of nitrogens with one attached hydrogen (secondary N) is 1. The summed E-state index contributed by atoms with van der Waals surface area (Å²) in [6.07, 6.45) is 11.1. The largest absolute Gasteiger partial charge is 0.314 e. The highest BCUT2D eigenvalue weighted by Crippen LogP contribution is 2.32. The van der Waals surface area contributed by atoms with E-state index in [1.165, 1.54) is 44.2 Å². The smallest absolute Gasteiger partial charge is 0.0521 e. The number of hydrogen-bond donors (Lipinski definition) is 1. The topological polar surface area (TPSA) is 29.9 Å². The Morgan fingerprint density at radius 2 is 2.05 bits per heavy atom. The maximum absolute atomic E-state index is 4.40. The number of aromatic nitrogens is 2. The second-order valence-corrected chi connectivity index (χ2v) is 6.28. The van der Waals surface area contributed by atoms with E-state index in [1.807, 2.05) is 4.68 Å². The van der Waals surface area contributed by atoms with Crippen LogP contribution < -0.4 is 5.32 Å². The zero-order chi connectivity index (χ0) is 13.7. The highest BCUT2D eigenvalue weighted by molar-refractivity contribution is 5.06. The Bertz CT molecular complexity index is 370. The normalized spacial score (nSPS) is 24.0. The van der Waals surface area contributed by atoms with Crippen molar-refractivity contribution in [2.24, 2.45) is 11.8 Å². The first-order chi connectivity index (χ1) is 9.19. The molecule has 0 aromatic carbocycles. The van der Waals surface area contributed by atoms with Gasteiger partial charge in [-0.05, 0) is 50.1 Å². The van der Waals surface area contributed by atoms with Crippen LogP contribution >= 0.6 is 0 Å². The van der Waals surface area contributed by atoms with Crippen molar-refractivity contribution in [2.75, 3.05) is 6.54 Å². The van der Waals surface area contributed by atoms with E-state index in [4.69, 9.17) is 0 Å². The summed E-state index contributed by atoms with van der Waals surface area (Å²) in [5, 5.41) is 8.03. The molecule has 2 unspecified atom stereocenters. The maximum atomic E-state index is 4.40. The summed E-state index contributed by atoms with van der Waals surface area (Å²) in [6, 6.07) is 0.602. The lowest BCUT2D eigenvalue weighted by atomic mass is 9.76. The van der Waals surface area contributed by atoms with Crippen LogP contribution in [0.25, 0.3) is 0 Å². The van der Waals surface area contributed by atoms with Crippen LogP contribution in [0.2, 0.25) is 0 Å². The minimum Gasteiger partial charge on any atom is -0.314 e. The summed E-state index contributed by atoms with van der Waals surface area (Å²) in [6.45, 7) is 8.78. The molecule has 3 nitrogen and oxygen atoms in total. The van der Waals surface area contributed by atoms with Gasteiger partial charge >= 0.3 is 0 Å². The average Bonchev–Trinajstić information content (AvgIpc) is 2.85. The number of nitrogens with zero attached hydrogens (tertiary/aromatic N) is 2. The van der Waals surface area contributed by atoms with E-state index in [0.29, 0.717) is 6.04 Å². The van der Waals surface area contributed by atoms with Gasteiger partial charge in [-0.25, -0.2) is 0 Å². The monoisotopic (exact) mass is 263 g/mol. The molecule has 0 bridgehead atoms. The Kier molecular flexibility index (Phi) is 5.44. The van der Waals surface area contributed by atoms with Gasteiger partial charge in [-0.2, -0.15) is 5.10 Å². The van der Waals surface area contributed by atoms with Crippen LogP contribution in [0, 0.1) is 11.8 Å². The van der Waals surface area contributed by atoms with E-state index in [-0.39, 0.29) is 0 Å². The van der Waals surface area contributed by atoms with Crippen LogP contribution in [-0.4, -0.2) is 22.4 Å². The molecule has 1 fully saturated rings. The molecule has 1 aliphatic carbocycles. The molecule has 0 amide bonds. The minimum atomic E-state index is 0.602. The summed E-state index contributed by atoms with van der Waals surface area (Å²) in [5.74, 6) is 1.69. The van der Waals surface area contributed by atoms with Crippen molar-refractivity contribution in [1.29, 1.82) is 0 Å². The van der Waals surface area contributed by atoms with Crippen LogP contribution in [0.5, 0.6) is 0 Å². The van der Waals surface area contributed by atoms with Crippen molar-refractivity contribution in [2.45, 2.75) is 65.5 Å². The second-order valence-electron chi connectivity index (χ2n) is 6.28. The molecular weight excluding hydrogens is 234 g/mol. The highest BCUT2D eigenvalue weighted by Gasteiger charge is 2.25. The maximum Gasteiger partial charge on any atom is 0.0521 e. The average molecular weight is 263 g/mol. The molecule has 1 aromatic heterocycles. The first kappa shape index (κ1) is 14.6. The zero-order valence-corrected chi connectivity index (χ0v) is 12.7. The van der Waals surface area contributed by atoms with Crippen molar-refractivity contribution in [3.63, 3.8) is 0 Å². The van der Waals surface area contributed by atoms with E-state index < -0.39 is 0 Å². The lowest BCUT2D eigenvalue weighted by molar-refractivity contribution is 0.224. The number of aryl methyl sites for hydroxylation is 1. The fraction of sp³-hybridized carbons (Fsp3) is 0.812. The predicted molar refractivity (Wildman–Crippen MR) is 80.2 cm³/mol. The highest BCUT2D eigenvalue weighted by atomic mass is 15.3. The van der Waals surface area contributed by atoms with Crippen molar-refractivity contribution >= 4 is 0 Å². The van der Waals surface area contributed by atoms with Crippen molar-refractivity contribution in [1.82, 2.24) is 15.1 Å². The molecule has 0 aliphatic heterocycles. The molecule has 1 heterocycles. The second kappa shape index (κ2) is 7.09. The summed E-state index contributed by atoms with van der Waals surface area (Å²) in [7, 11) is 0. The van der Waals surface area contributed by atoms with E-state index in [1.54, 1.807) is 0 Å². The van der Waals surface area contributed by atoms with Crippen LogP contribution in [0.4, 0.5) is 0 Å². The Hall–Kier alpha value is -0.830. The quantitative estimate of drug-likeness (QED) is 0.854. The van der Waals surface area contributed by atoms with Crippen LogP contribution in [0.15, 0.2) is 12.4 Å². The van der Waals surface area contributed by atoms with E-state index >= 15 is 0 Å². The summed E-state index contributed by atoms with van der Waals surface area (Å²) >= 11 is 0. The molecule has 1 saturated carbocycles. The van der Waals surface area contributed by atoms with Gasteiger partial charge in [0, 0.05) is 18.8 Å². The third-order valence-electron chi connectivity index (χ3n) is 4.36. The van der Waals surface area contributed by atoms with Gasteiger partial charge in [-0.15, -0.1) is 0 Å². The molecule has 3 heteroatoms. The Balaban J connectivity index is 1.91. The van der Waals surface area contributed by atoms with Gasteiger partial charge in [-0.1, -0.05) is 26.7 Å². The molecule has 1 aliphatic rings. The van der Waals surface area contributed by atoms with Crippen molar-refractivity contribution < 1.29 is 0 Å². The molecule has 19 heavy (non-hydrogen) atoms. The standard InChI is InChI=1S/C16H29N3/c1-4-19-12-14(10-18-19)9-15-7-5-6-8-16(15)11-17-13(2)3/h10,12-13,15-17H,4-9,11H2,1-3H3. The summed E-state index contributed by atoms with van der Waals surface area (Å²) in [4.78, 5) is 0. The van der Waals surface area contributed by atoms with Gasteiger partial charge in [0.25, 0.3) is 0 Å². The molecule has 0 radical (unpaired) electrons. The SMILES string of the molecule is CCn1cc(CC2CCCCC2CNC(C)C)cn1. The Morgan fingerprint density at radius 3 is 2.68 bits per heavy atom. The van der Waals surface area contributed by atoms with E-state index in [9.17, 15) is 0 Å². The van der Waals surface area contributed by atoms with Gasteiger partial charge < -0.3 is 5.32 Å². The molecule has 2 atom stereocenters. The molecular formula is C16H29N3. The fourth-order valence-corrected chi connectivity index (χ4v) is 3.20. The molecule has 1 aromatic rings. The third-order valence-corrected chi connectivity index (χ3v) is 4.36.